The normalized spacial score (nSPS) is 13.9. The second-order valence-corrected chi connectivity index (χ2v) is 17.7. The Bertz CT molecular complexity index is 1510. The number of carboxylic acid groups (broad SMARTS) is 1. The molecule has 0 aromatic carbocycles. The third-order valence-electron chi connectivity index (χ3n) is 10.2. The second-order valence-electron chi connectivity index (χ2n) is 17.7. The van der Waals surface area contributed by atoms with E-state index in [0.717, 1.165) is 128 Å². The zero-order chi connectivity index (χ0) is 49.2. The van der Waals surface area contributed by atoms with Gasteiger partial charge in [-0.3, -0.25) is 9.59 Å². The molecule has 0 aromatic rings. The maximum Gasteiger partial charge on any atom is 0.361 e. The first kappa shape index (κ1) is 62.7. The van der Waals surface area contributed by atoms with Crippen LogP contribution < -0.4 is 0 Å². The fourth-order valence-corrected chi connectivity index (χ4v) is 6.30. The fourth-order valence-electron chi connectivity index (χ4n) is 6.30. The third kappa shape index (κ3) is 49.4. The van der Waals surface area contributed by atoms with Crippen molar-refractivity contribution >= 4 is 17.9 Å². The van der Waals surface area contributed by atoms with E-state index in [-0.39, 0.29) is 38.6 Å². The molecular formula is C58H94NO8+. The van der Waals surface area contributed by atoms with Gasteiger partial charge in [-0.1, -0.05) is 174 Å². The van der Waals surface area contributed by atoms with Gasteiger partial charge in [0.2, 0.25) is 0 Å². The first-order chi connectivity index (χ1) is 32.6. The standard InChI is InChI=1S/C58H93NO8/c1-6-8-10-12-14-16-18-20-22-24-25-26-27-28-29-30-31-33-35-37-39-41-43-45-47-49-56(61)67-54(53-66-58(57(62)63)64-51-50-59(3,4)5)52-65-55(60)48-46-44-42-40-38-36-34-32-23-21-19-17-15-13-11-9-7-2/h8-11,14-17,20-23,25-26,28-29,31,33-34,36,54,58H,6-7,12-13,18-19,24,27,30,32,35,37-53H2,1-5H3/p+1/b10-8-,11-9-,16-14-,17-15-,22-20-,23-21-,26-25-,29-28-,33-31-,36-34-. The molecule has 9 heteroatoms. The van der Waals surface area contributed by atoms with Crippen molar-refractivity contribution in [3.05, 3.63) is 122 Å². The number of hydrogen-bond donors (Lipinski definition) is 1. The number of likely N-dealkylation sites (N-methyl/N-ethyl adjacent to an activating group) is 1. The Kier molecular flexibility index (Phi) is 45.1. The van der Waals surface area contributed by atoms with Crippen molar-refractivity contribution in [2.45, 2.75) is 180 Å². The molecule has 0 aliphatic carbocycles. The van der Waals surface area contributed by atoms with Gasteiger partial charge in [0, 0.05) is 12.8 Å². The molecule has 67 heavy (non-hydrogen) atoms. The predicted octanol–water partition coefficient (Wildman–Crippen LogP) is 14.6. The van der Waals surface area contributed by atoms with Crippen molar-refractivity contribution < 1.29 is 42.9 Å². The van der Waals surface area contributed by atoms with Gasteiger partial charge in [0.15, 0.2) is 6.10 Å². The van der Waals surface area contributed by atoms with Crippen LogP contribution in [0.25, 0.3) is 0 Å². The van der Waals surface area contributed by atoms with Crippen molar-refractivity contribution in [2.75, 3.05) is 47.5 Å². The van der Waals surface area contributed by atoms with E-state index in [9.17, 15) is 19.5 Å². The molecule has 0 fully saturated rings. The molecule has 0 saturated heterocycles. The van der Waals surface area contributed by atoms with Gasteiger partial charge in [-0.15, -0.1) is 0 Å². The number of nitrogens with zero attached hydrogens (tertiary/aromatic N) is 1. The van der Waals surface area contributed by atoms with Gasteiger partial charge in [-0.05, 0) is 103 Å². The summed E-state index contributed by atoms with van der Waals surface area (Å²) < 4.78 is 22.8. The lowest BCUT2D eigenvalue weighted by Gasteiger charge is -2.25. The molecule has 0 radical (unpaired) electrons. The van der Waals surface area contributed by atoms with E-state index in [1.165, 1.54) is 0 Å². The largest absolute Gasteiger partial charge is 0.477 e. The number of rotatable bonds is 45. The highest BCUT2D eigenvalue weighted by Crippen LogP contribution is 2.12. The molecule has 0 aromatic heterocycles. The van der Waals surface area contributed by atoms with Crippen LogP contribution in [0.1, 0.15) is 168 Å². The van der Waals surface area contributed by atoms with E-state index in [4.69, 9.17) is 18.9 Å². The molecule has 0 spiro atoms. The summed E-state index contributed by atoms with van der Waals surface area (Å²) in [5.41, 5.74) is 0. The van der Waals surface area contributed by atoms with Gasteiger partial charge in [0.25, 0.3) is 6.29 Å². The van der Waals surface area contributed by atoms with Crippen LogP contribution in [0.2, 0.25) is 0 Å². The molecule has 0 rings (SSSR count). The van der Waals surface area contributed by atoms with Crippen molar-refractivity contribution in [1.29, 1.82) is 0 Å². The molecule has 1 N–H and O–H groups in total. The minimum absolute atomic E-state index is 0.172. The summed E-state index contributed by atoms with van der Waals surface area (Å²) in [6.07, 6.45) is 64.0. The lowest BCUT2D eigenvalue weighted by atomic mass is 10.1. The van der Waals surface area contributed by atoms with E-state index in [2.05, 4.69) is 135 Å². The number of ether oxygens (including phenoxy) is 4. The number of carbonyl (C=O) groups excluding carboxylic acids is 2. The third-order valence-corrected chi connectivity index (χ3v) is 10.2. The van der Waals surface area contributed by atoms with E-state index in [0.29, 0.717) is 23.9 Å². The monoisotopic (exact) mass is 933 g/mol. The van der Waals surface area contributed by atoms with Crippen molar-refractivity contribution in [3.8, 4) is 0 Å². The molecular weight excluding hydrogens is 839 g/mol. The number of carbonyl (C=O) groups is 3. The van der Waals surface area contributed by atoms with E-state index < -0.39 is 24.3 Å². The van der Waals surface area contributed by atoms with E-state index in [1.807, 2.05) is 21.1 Å². The Morgan fingerprint density at radius 2 is 0.806 bits per heavy atom. The molecule has 0 heterocycles. The summed E-state index contributed by atoms with van der Waals surface area (Å²) in [5.74, 6) is -2.08. The summed E-state index contributed by atoms with van der Waals surface area (Å²) in [4.78, 5) is 37.3. The summed E-state index contributed by atoms with van der Waals surface area (Å²) in [6.45, 7) is 4.57. The Morgan fingerprint density at radius 3 is 1.19 bits per heavy atom. The molecule has 0 aliphatic heterocycles. The van der Waals surface area contributed by atoms with Crippen LogP contribution in [0.5, 0.6) is 0 Å². The van der Waals surface area contributed by atoms with Crippen molar-refractivity contribution in [3.63, 3.8) is 0 Å². The number of esters is 2. The quantitative estimate of drug-likeness (QED) is 0.0211. The average Bonchev–Trinajstić information content (AvgIpc) is 3.29. The Labute approximate surface area is 408 Å². The maximum atomic E-state index is 12.8. The van der Waals surface area contributed by atoms with Crippen molar-refractivity contribution in [1.82, 2.24) is 0 Å². The van der Waals surface area contributed by atoms with Crippen LogP contribution in [0.15, 0.2) is 122 Å². The van der Waals surface area contributed by atoms with Crippen LogP contribution in [0.3, 0.4) is 0 Å². The van der Waals surface area contributed by atoms with Gasteiger partial charge < -0.3 is 28.5 Å². The summed E-state index contributed by atoms with van der Waals surface area (Å²) >= 11 is 0. The molecule has 2 unspecified atom stereocenters. The topological polar surface area (TPSA) is 108 Å². The van der Waals surface area contributed by atoms with Crippen LogP contribution in [-0.2, 0) is 33.3 Å². The number of quaternary nitrogens is 1. The molecule has 378 valence electrons. The molecule has 0 saturated carbocycles. The van der Waals surface area contributed by atoms with Crippen LogP contribution in [0, 0.1) is 0 Å². The highest BCUT2D eigenvalue weighted by molar-refractivity contribution is 5.71. The molecule has 2 atom stereocenters. The summed E-state index contributed by atoms with van der Waals surface area (Å²) in [5, 5.41) is 9.67. The number of carboxylic acids is 1. The lowest BCUT2D eigenvalue weighted by molar-refractivity contribution is -0.870. The van der Waals surface area contributed by atoms with E-state index >= 15 is 0 Å². The summed E-state index contributed by atoms with van der Waals surface area (Å²) in [7, 11) is 5.93. The number of aliphatic carboxylic acids is 1. The van der Waals surface area contributed by atoms with Crippen molar-refractivity contribution in [2.24, 2.45) is 0 Å². The number of unbranched alkanes of at least 4 members (excludes halogenated alkanes) is 10. The first-order valence-electron chi connectivity index (χ1n) is 25.7. The maximum absolute atomic E-state index is 12.8. The highest BCUT2D eigenvalue weighted by atomic mass is 16.7. The minimum Gasteiger partial charge on any atom is -0.477 e. The van der Waals surface area contributed by atoms with E-state index in [1.54, 1.807) is 0 Å². The van der Waals surface area contributed by atoms with Crippen LogP contribution in [-0.4, -0.2) is 87.4 Å². The zero-order valence-electron chi connectivity index (χ0n) is 42.8. The molecule has 0 bridgehead atoms. The van der Waals surface area contributed by atoms with Crippen LogP contribution >= 0.6 is 0 Å². The number of hydrogen-bond acceptors (Lipinski definition) is 7. The smallest absolute Gasteiger partial charge is 0.361 e. The van der Waals surface area contributed by atoms with Gasteiger partial charge in [-0.25, -0.2) is 4.79 Å². The molecule has 0 aliphatic rings. The van der Waals surface area contributed by atoms with Gasteiger partial charge in [-0.2, -0.15) is 0 Å². The fraction of sp³-hybridized carbons (Fsp3) is 0.603. The minimum atomic E-state index is -1.53. The Morgan fingerprint density at radius 1 is 0.448 bits per heavy atom. The lowest BCUT2D eigenvalue weighted by Crippen LogP contribution is -2.40. The average molecular weight is 933 g/mol. The molecule has 9 nitrogen and oxygen atoms in total. The van der Waals surface area contributed by atoms with Gasteiger partial charge in [0.1, 0.15) is 13.2 Å². The zero-order valence-corrected chi connectivity index (χ0v) is 42.8. The molecule has 0 amide bonds. The predicted molar refractivity (Wildman–Crippen MR) is 281 cm³/mol. The SMILES string of the molecule is CC/C=C\C/C=C\C/C=C\C/C=C\C/C=C\C/C=C\CCCCCCCCC(=O)OC(COC(=O)CCCCCC/C=C\C/C=C\C/C=C\C/C=C\CC)COC(OCC[N+](C)(C)C)C(=O)O. The van der Waals surface area contributed by atoms with Gasteiger partial charge >= 0.3 is 17.9 Å². The second kappa shape index (κ2) is 48.2. The Balaban J connectivity index is 4.44. The first-order valence-corrected chi connectivity index (χ1v) is 25.7. The Hall–Kier alpha value is -4.31. The highest BCUT2D eigenvalue weighted by Gasteiger charge is 2.25. The van der Waals surface area contributed by atoms with Crippen LogP contribution in [0.4, 0.5) is 0 Å². The van der Waals surface area contributed by atoms with Gasteiger partial charge in [0.05, 0.1) is 34.4 Å². The summed E-state index contributed by atoms with van der Waals surface area (Å²) in [6, 6.07) is 0. The number of allylic oxidation sites excluding steroid dienone is 20.